The SMILES string of the molecule is Cc1cc(S)c2cc(-c3ccc(S)cc3)c(=O)oc2c1. The summed E-state index contributed by atoms with van der Waals surface area (Å²) >= 11 is 8.70. The first-order chi connectivity index (χ1) is 9.54. The van der Waals surface area contributed by atoms with Crippen LogP contribution in [0.25, 0.3) is 22.1 Å². The fraction of sp³-hybridized carbons (Fsp3) is 0.0625. The Bertz CT molecular complexity index is 849. The Labute approximate surface area is 127 Å². The van der Waals surface area contributed by atoms with E-state index in [4.69, 9.17) is 4.42 Å². The molecular formula is C16H12O2S2. The van der Waals surface area contributed by atoms with Crippen LogP contribution in [-0.2, 0) is 0 Å². The molecule has 0 aliphatic rings. The molecule has 0 atom stereocenters. The van der Waals surface area contributed by atoms with Crippen molar-refractivity contribution in [1.82, 2.24) is 0 Å². The number of rotatable bonds is 1. The van der Waals surface area contributed by atoms with Gasteiger partial charge in [0.15, 0.2) is 0 Å². The van der Waals surface area contributed by atoms with Crippen LogP contribution in [0.2, 0.25) is 0 Å². The van der Waals surface area contributed by atoms with Gasteiger partial charge in [-0.2, -0.15) is 0 Å². The van der Waals surface area contributed by atoms with E-state index < -0.39 is 0 Å². The average molecular weight is 300 g/mol. The van der Waals surface area contributed by atoms with Crippen molar-refractivity contribution in [2.24, 2.45) is 0 Å². The molecule has 0 aliphatic heterocycles. The lowest BCUT2D eigenvalue weighted by Gasteiger charge is -2.06. The summed E-state index contributed by atoms with van der Waals surface area (Å²) in [5.74, 6) is 0. The molecule has 1 heterocycles. The second kappa shape index (κ2) is 5.04. The largest absolute Gasteiger partial charge is 0.422 e. The zero-order valence-electron chi connectivity index (χ0n) is 10.8. The molecule has 0 aliphatic carbocycles. The standard InChI is InChI=1S/C16H12O2S2/c1-9-6-14-13(15(20)7-9)8-12(16(17)18-14)10-2-4-11(19)5-3-10/h2-8,19-20H,1H3. The van der Waals surface area contributed by atoms with Crippen LogP contribution in [0.3, 0.4) is 0 Å². The van der Waals surface area contributed by atoms with E-state index in [1.807, 2.05) is 49.4 Å². The van der Waals surface area contributed by atoms with Crippen molar-refractivity contribution < 1.29 is 4.42 Å². The number of aryl methyl sites for hydroxylation is 1. The molecule has 2 nitrogen and oxygen atoms in total. The Hall–Kier alpha value is -1.65. The van der Waals surface area contributed by atoms with E-state index in [9.17, 15) is 4.79 Å². The predicted molar refractivity (Wildman–Crippen MR) is 87.2 cm³/mol. The Morgan fingerprint density at radius 2 is 1.70 bits per heavy atom. The summed E-state index contributed by atoms with van der Waals surface area (Å²) in [6.45, 7) is 1.94. The normalized spacial score (nSPS) is 10.9. The minimum atomic E-state index is -0.345. The van der Waals surface area contributed by atoms with Gasteiger partial charge in [0.2, 0.25) is 0 Å². The van der Waals surface area contributed by atoms with E-state index in [2.05, 4.69) is 25.3 Å². The maximum absolute atomic E-state index is 12.1. The molecule has 0 amide bonds. The summed E-state index contributed by atoms with van der Waals surface area (Å²) in [7, 11) is 0. The molecule has 20 heavy (non-hydrogen) atoms. The number of fused-ring (bicyclic) bond motifs is 1. The third-order valence-electron chi connectivity index (χ3n) is 3.15. The van der Waals surface area contributed by atoms with Gasteiger partial charge in [-0.1, -0.05) is 12.1 Å². The molecule has 0 N–H and O–H groups in total. The smallest absolute Gasteiger partial charge is 0.344 e. The highest BCUT2D eigenvalue weighted by Crippen LogP contribution is 2.27. The molecule has 0 fully saturated rings. The number of hydrogen-bond donors (Lipinski definition) is 2. The fourth-order valence-electron chi connectivity index (χ4n) is 2.18. The molecule has 3 rings (SSSR count). The Morgan fingerprint density at radius 1 is 1.00 bits per heavy atom. The molecule has 4 heteroatoms. The topological polar surface area (TPSA) is 30.2 Å². The van der Waals surface area contributed by atoms with Gasteiger partial charge in [0.1, 0.15) is 5.58 Å². The summed E-state index contributed by atoms with van der Waals surface area (Å²) in [6, 6.07) is 13.0. The lowest BCUT2D eigenvalue weighted by molar-refractivity contribution is 0.562. The summed E-state index contributed by atoms with van der Waals surface area (Å²) in [6.07, 6.45) is 0. The van der Waals surface area contributed by atoms with E-state index in [0.717, 1.165) is 26.3 Å². The van der Waals surface area contributed by atoms with Crippen molar-refractivity contribution in [3.8, 4) is 11.1 Å². The lowest BCUT2D eigenvalue weighted by Crippen LogP contribution is -2.03. The molecule has 0 saturated heterocycles. The first-order valence-electron chi connectivity index (χ1n) is 6.11. The maximum Gasteiger partial charge on any atom is 0.344 e. The summed E-state index contributed by atoms with van der Waals surface area (Å²) in [4.78, 5) is 13.8. The van der Waals surface area contributed by atoms with Crippen molar-refractivity contribution in [2.75, 3.05) is 0 Å². The van der Waals surface area contributed by atoms with E-state index >= 15 is 0 Å². The van der Waals surface area contributed by atoms with Gasteiger partial charge in [0.25, 0.3) is 0 Å². The molecule has 0 bridgehead atoms. The van der Waals surface area contributed by atoms with Crippen LogP contribution in [0.4, 0.5) is 0 Å². The third-order valence-corrected chi connectivity index (χ3v) is 3.82. The highest BCUT2D eigenvalue weighted by Gasteiger charge is 2.10. The minimum absolute atomic E-state index is 0.345. The molecule has 0 spiro atoms. The minimum Gasteiger partial charge on any atom is -0.422 e. The highest BCUT2D eigenvalue weighted by molar-refractivity contribution is 7.80. The molecule has 1 aromatic heterocycles. The maximum atomic E-state index is 12.1. The summed E-state index contributed by atoms with van der Waals surface area (Å²) in [5, 5.41) is 0.837. The first-order valence-corrected chi connectivity index (χ1v) is 7.01. The number of benzene rings is 2. The van der Waals surface area contributed by atoms with Gasteiger partial charge in [-0.15, -0.1) is 25.3 Å². The molecule has 0 saturated carbocycles. The Balaban J connectivity index is 2.29. The van der Waals surface area contributed by atoms with Crippen LogP contribution >= 0.6 is 25.3 Å². The molecule has 3 aromatic rings. The van der Waals surface area contributed by atoms with Gasteiger partial charge in [-0.05, 0) is 48.4 Å². The number of hydrogen-bond acceptors (Lipinski definition) is 4. The molecule has 100 valence electrons. The number of thiol groups is 2. The highest BCUT2D eigenvalue weighted by atomic mass is 32.1. The monoisotopic (exact) mass is 300 g/mol. The van der Waals surface area contributed by atoms with Gasteiger partial charge >= 0.3 is 5.63 Å². The van der Waals surface area contributed by atoms with Gasteiger partial charge in [0, 0.05) is 15.2 Å². The summed E-state index contributed by atoms with van der Waals surface area (Å²) in [5.41, 5.74) is 2.58. The lowest BCUT2D eigenvalue weighted by atomic mass is 10.1. The van der Waals surface area contributed by atoms with E-state index in [-0.39, 0.29) is 5.63 Å². The van der Waals surface area contributed by atoms with Gasteiger partial charge in [0.05, 0.1) is 5.56 Å². The van der Waals surface area contributed by atoms with E-state index in [1.54, 1.807) is 0 Å². The van der Waals surface area contributed by atoms with Crippen LogP contribution in [0.5, 0.6) is 0 Å². The van der Waals surface area contributed by atoms with E-state index in [0.29, 0.717) is 11.1 Å². The summed E-state index contributed by atoms with van der Waals surface area (Å²) < 4.78 is 5.42. The molecule has 0 radical (unpaired) electrons. The second-order valence-corrected chi connectivity index (χ2v) is 5.69. The zero-order chi connectivity index (χ0) is 14.3. The third kappa shape index (κ3) is 2.37. The van der Waals surface area contributed by atoms with Crippen molar-refractivity contribution in [1.29, 1.82) is 0 Å². The van der Waals surface area contributed by atoms with Crippen LogP contribution in [0, 0.1) is 6.92 Å². The first kappa shape index (κ1) is 13.3. The quantitative estimate of drug-likeness (QED) is 0.517. The van der Waals surface area contributed by atoms with E-state index in [1.165, 1.54) is 0 Å². The van der Waals surface area contributed by atoms with Crippen LogP contribution in [0.15, 0.2) is 61.5 Å². The van der Waals surface area contributed by atoms with Crippen LogP contribution in [-0.4, -0.2) is 0 Å². The Kier molecular flexibility index (Phi) is 3.36. The van der Waals surface area contributed by atoms with Crippen molar-refractivity contribution >= 4 is 36.2 Å². The second-order valence-electron chi connectivity index (χ2n) is 4.69. The Morgan fingerprint density at radius 3 is 2.40 bits per heavy atom. The van der Waals surface area contributed by atoms with Gasteiger partial charge in [-0.3, -0.25) is 0 Å². The average Bonchev–Trinajstić information content (AvgIpc) is 2.39. The van der Waals surface area contributed by atoms with Crippen molar-refractivity contribution in [3.05, 3.63) is 58.4 Å². The molecular weight excluding hydrogens is 288 g/mol. The van der Waals surface area contributed by atoms with Crippen LogP contribution in [0.1, 0.15) is 5.56 Å². The van der Waals surface area contributed by atoms with Crippen molar-refractivity contribution in [2.45, 2.75) is 16.7 Å². The molecule has 0 unspecified atom stereocenters. The van der Waals surface area contributed by atoms with Gasteiger partial charge in [-0.25, -0.2) is 4.79 Å². The van der Waals surface area contributed by atoms with Crippen molar-refractivity contribution in [3.63, 3.8) is 0 Å². The van der Waals surface area contributed by atoms with Gasteiger partial charge < -0.3 is 4.42 Å². The van der Waals surface area contributed by atoms with Crippen LogP contribution < -0.4 is 5.63 Å². The fourth-order valence-corrected chi connectivity index (χ4v) is 2.70. The predicted octanol–water partition coefficient (Wildman–Crippen LogP) is 4.35. The zero-order valence-corrected chi connectivity index (χ0v) is 12.5. The molecule has 2 aromatic carbocycles.